The molecule has 0 unspecified atom stereocenters. The molecule has 2 amide bonds. The molecule has 178 valence electrons. The molecule has 0 fully saturated rings. The zero-order valence-electron chi connectivity index (χ0n) is 19.6. The lowest BCUT2D eigenvalue weighted by atomic mass is 9.87. The van der Waals surface area contributed by atoms with Crippen LogP contribution in [0.4, 0.5) is 21.6 Å². The number of carbonyl (C=O) groups is 2. The first-order chi connectivity index (χ1) is 16.7. The number of aromatic amines is 1. The number of hydrogen-bond acceptors (Lipinski definition) is 5. The van der Waals surface area contributed by atoms with Gasteiger partial charge in [0.1, 0.15) is 17.3 Å². The van der Waals surface area contributed by atoms with Crippen molar-refractivity contribution in [2.75, 3.05) is 22.1 Å². The van der Waals surface area contributed by atoms with E-state index in [-0.39, 0.29) is 22.7 Å². The average Bonchev–Trinajstić information content (AvgIpc) is 3.40. The van der Waals surface area contributed by atoms with Crippen LogP contribution >= 0.6 is 0 Å². The number of aromatic nitrogens is 3. The van der Waals surface area contributed by atoms with Crippen LogP contribution in [0.5, 0.6) is 0 Å². The van der Waals surface area contributed by atoms with E-state index < -0.39 is 11.7 Å². The topological polar surface area (TPSA) is 103 Å². The molecule has 0 radical (unpaired) electrons. The highest BCUT2D eigenvalue weighted by molar-refractivity contribution is 6.08. The van der Waals surface area contributed by atoms with Gasteiger partial charge in [0.2, 0.25) is 5.91 Å². The van der Waals surface area contributed by atoms with Crippen LogP contribution in [0.15, 0.2) is 55.0 Å². The summed E-state index contributed by atoms with van der Waals surface area (Å²) in [5.41, 5.74) is 3.92. The summed E-state index contributed by atoms with van der Waals surface area (Å²) in [6.45, 7) is 6.62. The van der Waals surface area contributed by atoms with Gasteiger partial charge in [-0.25, -0.2) is 14.4 Å². The fourth-order valence-electron chi connectivity index (χ4n) is 4.55. The van der Waals surface area contributed by atoms with Crippen molar-refractivity contribution in [1.29, 1.82) is 0 Å². The van der Waals surface area contributed by atoms with Crippen molar-refractivity contribution in [3.8, 4) is 0 Å². The van der Waals surface area contributed by atoms with Crippen molar-refractivity contribution in [3.05, 3.63) is 77.5 Å². The van der Waals surface area contributed by atoms with Crippen molar-refractivity contribution in [3.63, 3.8) is 0 Å². The summed E-state index contributed by atoms with van der Waals surface area (Å²) in [5, 5.41) is 6.92. The Morgan fingerprint density at radius 2 is 2.00 bits per heavy atom. The molecule has 4 aromatic rings. The summed E-state index contributed by atoms with van der Waals surface area (Å²) in [4.78, 5) is 38.5. The number of amides is 2. The van der Waals surface area contributed by atoms with E-state index in [1.807, 2.05) is 18.2 Å². The highest BCUT2D eigenvalue weighted by Crippen LogP contribution is 2.41. The van der Waals surface area contributed by atoms with Crippen LogP contribution < -0.4 is 15.5 Å². The third-order valence-corrected chi connectivity index (χ3v) is 6.30. The van der Waals surface area contributed by atoms with E-state index in [1.165, 1.54) is 6.92 Å². The number of rotatable bonds is 5. The quantitative estimate of drug-likeness (QED) is 0.394. The van der Waals surface area contributed by atoms with E-state index in [1.54, 1.807) is 29.4 Å². The predicted molar refractivity (Wildman–Crippen MR) is 133 cm³/mol. The fourth-order valence-corrected chi connectivity index (χ4v) is 4.55. The molecule has 0 saturated carbocycles. The summed E-state index contributed by atoms with van der Waals surface area (Å²) in [6, 6.07) is 10.4. The number of halogens is 1. The van der Waals surface area contributed by atoms with E-state index in [0.717, 1.165) is 40.1 Å². The largest absolute Gasteiger partial charge is 0.365 e. The molecule has 1 aromatic carbocycles. The Morgan fingerprint density at radius 1 is 1.17 bits per heavy atom. The molecule has 35 heavy (non-hydrogen) atoms. The molecular formula is C26H25FN6O2. The number of nitrogens with zero attached hydrogens (tertiary/aromatic N) is 3. The summed E-state index contributed by atoms with van der Waals surface area (Å²) >= 11 is 0. The first-order valence-electron chi connectivity index (χ1n) is 11.3. The van der Waals surface area contributed by atoms with Crippen LogP contribution in [-0.2, 0) is 16.8 Å². The third-order valence-electron chi connectivity index (χ3n) is 6.30. The van der Waals surface area contributed by atoms with Crippen LogP contribution in [0.2, 0.25) is 0 Å². The molecule has 3 N–H and O–H groups in total. The van der Waals surface area contributed by atoms with Gasteiger partial charge >= 0.3 is 0 Å². The lowest BCUT2D eigenvalue weighted by molar-refractivity contribution is -0.116. The monoisotopic (exact) mass is 472 g/mol. The van der Waals surface area contributed by atoms with Crippen LogP contribution in [0.25, 0.3) is 11.0 Å². The maximum atomic E-state index is 14.1. The lowest BCUT2D eigenvalue weighted by Gasteiger charge is -2.19. The van der Waals surface area contributed by atoms with E-state index in [0.29, 0.717) is 18.8 Å². The van der Waals surface area contributed by atoms with Crippen LogP contribution in [0, 0.1) is 5.82 Å². The Kier molecular flexibility index (Phi) is 5.47. The number of hydrogen-bond donors (Lipinski definition) is 3. The lowest BCUT2D eigenvalue weighted by Crippen LogP contribution is -2.32. The normalized spacial score (nSPS) is 14.1. The second kappa shape index (κ2) is 8.50. The van der Waals surface area contributed by atoms with Gasteiger partial charge in [0.25, 0.3) is 5.91 Å². The molecule has 5 rings (SSSR count). The van der Waals surface area contributed by atoms with E-state index >= 15 is 0 Å². The Hall–Kier alpha value is -4.27. The summed E-state index contributed by atoms with van der Waals surface area (Å²) in [5.74, 6) is -0.922. The highest BCUT2D eigenvalue weighted by atomic mass is 19.1. The van der Waals surface area contributed by atoms with Crippen LogP contribution in [0.1, 0.15) is 42.3 Å². The van der Waals surface area contributed by atoms with Crippen LogP contribution in [-0.4, -0.2) is 33.3 Å². The molecule has 4 heterocycles. The smallest absolute Gasteiger partial charge is 0.259 e. The van der Waals surface area contributed by atoms with Crippen molar-refractivity contribution in [1.82, 2.24) is 15.0 Å². The molecule has 9 heteroatoms. The molecular weight excluding hydrogens is 447 g/mol. The molecule has 1 aliphatic heterocycles. The summed E-state index contributed by atoms with van der Waals surface area (Å²) in [7, 11) is 0. The Morgan fingerprint density at radius 3 is 2.80 bits per heavy atom. The number of benzene rings is 1. The Labute approximate surface area is 201 Å². The van der Waals surface area contributed by atoms with Gasteiger partial charge in [-0.1, -0.05) is 19.9 Å². The average molecular weight is 473 g/mol. The van der Waals surface area contributed by atoms with Gasteiger partial charge in [-0.05, 0) is 41.5 Å². The second-order valence-corrected chi connectivity index (χ2v) is 9.29. The maximum Gasteiger partial charge on any atom is 0.259 e. The summed E-state index contributed by atoms with van der Waals surface area (Å²) in [6.07, 6.45) is 4.57. The van der Waals surface area contributed by atoms with Crippen LogP contribution in [0.3, 0.4) is 0 Å². The predicted octanol–water partition coefficient (Wildman–Crippen LogP) is 4.61. The molecule has 0 bridgehead atoms. The first kappa shape index (κ1) is 22.5. The van der Waals surface area contributed by atoms with Gasteiger partial charge < -0.3 is 20.5 Å². The fraction of sp³-hybridized carbons (Fsp3) is 0.231. The minimum atomic E-state index is -0.615. The minimum absolute atomic E-state index is 0.0613. The van der Waals surface area contributed by atoms with Gasteiger partial charge in [0.05, 0.1) is 11.8 Å². The first-order valence-corrected chi connectivity index (χ1v) is 11.3. The zero-order valence-corrected chi connectivity index (χ0v) is 19.6. The van der Waals surface area contributed by atoms with Crippen molar-refractivity contribution >= 4 is 40.0 Å². The van der Waals surface area contributed by atoms with E-state index in [2.05, 4.69) is 39.4 Å². The number of H-pyrrole nitrogens is 1. The summed E-state index contributed by atoms with van der Waals surface area (Å²) < 4.78 is 14.1. The standard InChI is InChI=1S/C26H25FN6O2/c1-15(34)33-14-26(2,3)21-5-4-18(11-22(21)33)32-25(35)20-10-17(27)13-31-24(20)30-12-16-6-8-28-23-19(16)7-9-29-23/h4-11,13H,12,14H2,1-3H3,(H,28,29)(H,30,31)(H,32,35). The molecule has 0 spiro atoms. The van der Waals surface area contributed by atoms with E-state index in [9.17, 15) is 14.0 Å². The third kappa shape index (κ3) is 4.21. The number of pyridine rings is 2. The second-order valence-electron chi connectivity index (χ2n) is 9.29. The molecule has 0 atom stereocenters. The number of nitrogens with one attached hydrogen (secondary N) is 3. The Balaban J connectivity index is 1.40. The SMILES string of the molecule is CC(=O)N1CC(C)(C)c2ccc(NC(=O)c3cc(F)cnc3NCc3ccnc4[nH]ccc34)cc21. The zero-order chi connectivity index (χ0) is 24.7. The van der Waals surface area contributed by atoms with Crippen molar-refractivity contribution in [2.45, 2.75) is 32.7 Å². The van der Waals surface area contributed by atoms with Crippen molar-refractivity contribution < 1.29 is 14.0 Å². The Bertz CT molecular complexity index is 1460. The van der Waals surface area contributed by atoms with Gasteiger partial charge in [-0.2, -0.15) is 0 Å². The van der Waals surface area contributed by atoms with Gasteiger partial charge in [0.15, 0.2) is 0 Å². The van der Waals surface area contributed by atoms with Gasteiger partial charge in [0, 0.05) is 54.6 Å². The minimum Gasteiger partial charge on any atom is -0.365 e. The van der Waals surface area contributed by atoms with Gasteiger partial charge in [-0.3, -0.25) is 9.59 Å². The van der Waals surface area contributed by atoms with Gasteiger partial charge in [-0.15, -0.1) is 0 Å². The van der Waals surface area contributed by atoms with E-state index in [4.69, 9.17) is 0 Å². The molecule has 1 aliphatic rings. The number of anilines is 3. The number of carbonyl (C=O) groups excluding carboxylic acids is 2. The van der Waals surface area contributed by atoms with Crippen molar-refractivity contribution in [2.24, 2.45) is 0 Å². The molecule has 0 saturated heterocycles. The number of fused-ring (bicyclic) bond motifs is 2. The highest BCUT2D eigenvalue weighted by Gasteiger charge is 2.37. The molecule has 3 aromatic heterocycles. The maximum absolute atomic E-state index is 14.1. The molecule has 8 nitrogen and oxygen atoms in total. The molecule has 0 aliphatic carbocycles.